The minimum Gasteiger partial charge on any atom is -0.395 e. The van der Waals surface area contributed by atoms with Gasteiger partial charge in [0.1, 0.15) is 11.6 Å². The summed E-state index contributed by atoms with van der Waals surface area (Å²) >= 11 is 6.15. The van der Waals surface area contributed by atoms with Crippen molar-refractivity contribution < 1.29 is 14.3 Å². The number of halogens is 2. The van der Waals surface area contributed by atoms with Crippen LogP contribution in [0.1, 0.15) is 28.5 Å². The van der Waals surface area contributed by atoms with Crippen molar-refractivity contribution in [2.24, 2.45) is 0 Å². The van der Waals surface area contributed by atoms with Crippen LogP contribution in [0.4, 0.5) is 4.39 Å². The molecule has 0 saturated heterocycles. The normalized spacial score (nSPS) is 20.7. The van der Waals surface area contributed by atoms with Gasteiger partial charge in [0.25, 0.3) is 5.91 Å². The maximum absolute atomic E-state index is 13.9. The minimum atomic E-state index is -0.477. The summed E-state index contributed by atoms with van der Waals surface area (Å²) in [6.45, 7) is 1.16. The summed E-state index contributed by atoms with van der Waals surface area (Å²) in [6, 6.07) is 3.44. The molecule has 1 aliphatic heterocycles. The van der Waals surface area contributed by atoms with Crippen LogP contribution in [0.2, 0.25) is 0 Å². The quantitative estimate of drug-likeness (QED) is 0.486. The Morgan fingerprint density at radius 2 is 2.29 bits per heavy atom. The molecule has 2 atom stereocenters. The predicted molar refractivity (Wildman–Crippen MR) is 115 cm³/mol. The number of allylic oxidation sites excluding steroid dienone is 6. The molecule has 162 valence electrons. The third kappa shape index (κ3) is 4.68. The van der Waals surface area contributed by atoms with Crippen molar-refractivity contribution in [1.82, 2.24) is 30.5 Å². The molecule has 0 spiro atoms. The monoisotopic (exact) mass is 444 g/mol. The largest absolute Gasteiger partial charge is 0.395 e. The van der Waals surface area contributed by atoms with Crippen LogP contribution in [0, 0.1) is 0 Å². The Kier molecular flexibility index (Phi) is 6.45. The standard InChI is InChI=1S/C21H22ClFN6O2/c22-20-14(4-2-5-15(20)23)16-7-8-19-25-12-17(29(19)28-16)21(31)27-18-6-1-3-13(26-18)11-24-9-10-30/h1-3,5-8,12-14,24,26,30H,4,9-11H2,(H,27,31). The average Bonchev–Trinajstić information content (AvgIpc) is 3.19. The Hall–Kier alpha value is -3.01. The maximum atomic E-state index is 13.9. The fourth-order valence-electron chi connectivity index (χ4n) is 3.44. The van der Waals surface area contributed by atoms with Gasteiger partial charge in [-0.05, 0) is 30.7 Å². The van der Waals surface area contributed by atoms with Gasteiger partial charge in [0, 0.05) is 19.0 Å². The lowest BCUT2D eigenvalue weighted by molar-refractivity contribution is 0.0955. The summed E-state index contributed by atoms with van der Waals surface area (Å²) in [7, 11) is 0. The molecule has 0 aromatic carbocycles. The van der Waals surface area contributed by atoms with E-state index in [0.717, 1.165) is 0 Å². The summed E-state index contributed by atoms with van der Waals surface area (Å²) in [6.07, 6.45) is 10.6. The summed E-state index contributed by atoms with van der Waals surface area (Å²) < 4.78 is 15.3. The van der Waals surface area contributed by atoms with Crippen LogP contribution in [0.25, 0.3) is 5.65 Å². The Morgan fingerprint density at radius 1 is 1.42 bits per heavy atom. The molecule has 2 aliphatic rings. The lowest BCUT2D eigenvalue weighted by Gasteiger charge is -2.22. The smallest absolute Gasteiger partial charge is 0.277 e. The van der Waals surface area contributed by atoms with E-state index in [4.69, 9.17) is 16.7 Å². The van der Waals surface area contributed by atoms with Crippen molar-refractivity contribution in [2.45, 2.75) is 18.4 Å². The van der Waals surface area contributed by atoms with Crippen LogP contribution < -0.4 is 16.0 Å². The molecule has 4 rings (SSSR count). The van der Waals surface area contributed by atoms with Gasteiger partial charge in [-0.15, -0.1) is 0 Å². The van der Waals surface area contributed by atoms with Crippen LogP contribution >= 0.6 is 11.6 Å². The van der Waals surface area contributed by atoms with Gasteiger partial charge in [-0.25, -0.2) is 13.9 Å². The number of aliphatic hydroxyl groups excluding tert-OH is 1. The fraction of sp³-hybridized carbons (Fsp3) is 0.286. The van der Waals surface area contributed by atoms with E-state index >= 15 is 0 Å². The molecule has 1 aliphatic carbocycles. The number of rotatable bonds is 7. The van der Waals surface area contributed by atoms with Crippen LogP contribution in [-0.4, -0.2) is 51.4 Å². The number of amides is 1. The second-order valence-electron chi connectivity index (χ2n) is 7.16. The van der Waals surface area contributed by atoms with Crippen molar-refractivity contribution >= 4 is 23.2 Å². The minimum absolute atomic E-state index is 0.0260. The highest BCUT2D eigenvalue weighted by Crippen LogP contribution is 2.36. The van der Waals surface area contributed by atoms with E-state index in [2.05, 4.69) is 26.0 Å². The first kappa shape index (κ1) is 21.2. The number of imidazole rings is 1. The van der Waals surface area contributed by atoms with E-state index in [1.54, 1.807) is 24.3 Å². The highest BCUT2D eigenvalue weighted by Gasteiger charge is 2.24. The van der Waals surface area contributed by atoms with Gasteiger partial charge in [0.2, 0.25) is 0 Å². The fourth-order valence-corrected chi connectivity index (χ4v) is 3.70. The molecule has 0 saturated carbocycles. The first-order valence-electron chi connectivity index (χ1n) is 9.91. The number of hydrogen-bond donors (Lipinski definition) is 4. The van der Waals surface area contributed by atoms with E-state index in [0.29, 0.717) is 36.7 Å². The molecule has 2 unspecified atom stereocenters. The molecule has 8 nitrogen and oxygen atoms in total. The van der Waals surface area contributed by atoms with Crippen molar-refractivity contribution in [1.29, 1.82) is 0 Å². The number of fused-ring (bicyclic) bond motifs is 1. The highest BCUT2D eigenvalue weighted by atomic mass is 35.5. The molecule has 0 radical (unpaired) electrons. The topological polar surface area (TPSA) is 104 Å². The molecule has 10 heteroatoms. The number of aromatic nitrogens is 3. The van der Waals surface area contributed by atoms with Crippen molar-refractivity contribution in [3.05, 3.63) is 76.8 Å². The molecule has 0 bridgehead atoms. The first-order chi connectivity index (χ1) is 15.1. The van der Waals surface area contributed by atoms with E-state index in [-0.39, 0.29) is 29.3 Å². The van der Waals surface area contributed by atoms with Crippen LogP contribution in [0.15, 0.2) is 65.4 Å². The zero-order valence-electron chi connectivity index (χ0n) is 16.6. The van der Waals surface area contributed by atoms with Gasteiger partial charge in [-0.1, -0.05) is 29.8 Å². The lowest BCUT2D eigenvalue weighted by Crippen LogP contribution is -2.43. The zero-order chi connectivity index (χ0) is 21.8. The molecule has 3 heterocycles. The predicted octanol–water partition coefficient (Wildman–Crippen LogP) is 1.87. The Bertz CT molecular complexity index is 1110. The molecule has 2 aromatic rings. The van der Waals surface area contributed by atoms with Crippen molar-refractivity contribution in [2.75, 3.05) is 19.7 Å². The van der Waals surface area contributed by atoms with E-state index in [9.17, 15) is 9.18 Å². The van der Waals surface area contributed by atoms with Crippen molar-refractivity contribution in [3.8, 4) is 0 Å². The van der Waals surface area contributed by atoms with Crippen LogP contribution in [0.5, 0.6) is 0 Å². The Balaban J connectivity index is 1.51. The number of aliphatic hydroxyl groups is 1. The molecule has 1 amide bonds. The number of nitrogens with zero attached hydrogens (tertiary/aromatic N) is 3. The molecular weight excluding hydrogens is 423 g/mol. The lowest BCUT2D eigenvalue weighted by atomic mass is 9.96. The zero-order valence-corrected chi connectivity index (χ0v) is 17.3. The van der Waals surface area contributed by atoms with Gasteiger partial charge in [-0.2, -0.15) is 5.10 Å². The molecule has 31 heavy (non-hydrogen) atoms. The van der Waals surface area contributed by atoms with E-state index in [1.807, 2.05) is 12.2 Å². The number of hydrogen-bond acceptors (Lipinski definition) is 6. The number of carbonyl (C=O) groups is 1. The summed E-state index contributed by atoms with van der Waals surface area (Å²) in [5.74, 6) is -0.728. The molecular formula is C21H22ClFN6O2. The second-order valence-corrected chi connectivity index (χ2v) is 7.56. The summed E-state index contributed by atoms with van der Waals surface area (Å²) in [5.41, 5.74) is 1.30. The van der Waals surface area contributed by atoms with Gasteiger partial charge in [0.05, 0.1) is 29.6 Å². The van der Waals surface area contributed by atoms with Gasteiger partial charge < -0.3 is 21.1 Å². The average molecular weight is 445 g/mol. The third-order valence-corrected chi connectivity index (χ3v) is 5.43. The summed E-state index contributed by atoms with van der Waals surface area (Å²) in [5, 5.41) is 22.6. The van der Waals surface area contributed by atoms with Gasteiger partial charge >= 0.3 is 0 Å². The van der Waals surface area contributed by atoms with Crippen LogP contribution in [-0.2, 0) is 0 Å². The Labute approximate surface area is 183 Å². The number of dihydropyridines is 1. The highest BCUT2D eigenvalue weighted by molar-refractivity contribution is 6.30. The molecule has 0 fully saturated rings. The number of carbonyl (C=O) groups excluding carboxylic acids is 1. The third-order valence-electron chi connectivity index (χ3n) is 4.99. The molecule has 2 aromatic heterocycles. The Morgan fingerprint density at radius 3 is 3.13 bits per heavy atom. The van der Waals surface area contributed by atoms with Gasteiger partial charge in [-0.3, -0.25) is 4.79 Å². The molecule has 4 N–H and O–H groups in total. The van der Waals surface area contributed by atoms with Crippen LogP contribution in [0.3, 0.4) is 0 Å². The number of nitrogens with one attached hydrogen (secondary N) is 3. The first-order valence-corrected chi connectivity index (χ1v) is 10.3. The van der Waals surface area contributed by atoms with Crippen molar-refractivity contribution in [3.63, 3.8) is 0 Å². The summed E-state index contributed by atoms with van der Waals surface area (Å²) in [4.78, 5) is 17.1. The second kappa shape index (κ2) is 9.42. The van der Waals surface area contributed by atoms with E-state index < -0.39 is 11.7 Å². The SMILES string of the molecule is O=C(NC1=CC=CC(CNCCO)N1)c1cnc2ccc(C3CC=CC(F)=C3Cl)nn12. The maximum Gasteiger partial charge on any atom is 0.277 e. The van der Waals surface area contributed by atoms with Gasteiger partial charge in [0.15, 0.2) is 11.3 Å². The van der Waals surface area contributed by atoms with E-state index in [1.165, 1.54) is 16.8 Å².